The quantitative estimate of drug-likeness (QED) is 0.810. The molecule has 0 aliphatic rings. The third kappa shape index (κ3) is 3.55. The normalized spacial score (nSPS) is 10.6. The Morgan fingerprint density at radius 3 is 2.69 bits per heavy atom. The minimum atomic E-state index is -2.17. The third-order valence-corrected chi connectivity index (χ3v) is 2.52. The number of hydrogen-bond acceptors (Lipinski definition) is 4. The van der Waals surface area contributed by atoms with Crippen molar-refractivity contribution >= 4 is 15.4 Å². The summed E-state index contributed by atoms with van der Waals surface area (Å²) in [6.07, 6.45) is 3.43. The van der Waals surface area contributed by atoms with Crippen molar-refractivity contribution in [1.82, 2.24) is 0 Å². The Morgan fingerprint density at radius 1 is 1.50 bits per heavy atom. The zero-order chi connectivity index (χ0) is 12.2. The van der Waals surface area contributed by atoms with Crippen molar-refractivity contribution in [2.24, 2.45) is 4.36 Å². The molecule has 0 amide bonds. The number of nitriles is 1. The molecule has 1 rings (SSSR count). The van der Waals surface area contributed by atoms with Crippen LogP contribution < -0.4 is 4.74 Å². The topological polar surface area (TPSA) is 62.4 Å². The van der Waals surface area contributed by atoms with Crippen LogP contribution >= 0.6 is 0 Å². The van der Waals surface area contributed by atoms with E-state index >= 15 is 0 Å². The van der Waals surface area contributed by atoms with Crippen molar-refractivity contribution in [3.8, 4) is 11.8 Å². The fourth-order valence-corrected chi connectivity index (χ4v) is 1.90. The van der Waals surface area contributed by atoms with Gasteiger partial charge >= 0.3 is 0 Å². The summed E-state index contributed by atoms with van der Waals surface area (Å²) in [6.45, 7) is 0. The van der Waals surface area contributed by atoms with E-state index < -0.39 is 9.73 Å². The van der Waals surface area contributed by atoms with Crippen LogP contribution in [0.25, 0.3) is 0 Å². The maximum absolute atomic E-state index is 11.5. The molecule has 0 spiro atoms. The summed E-state index contributed by atoms with van der Waals surface area (Å²) in [6, 6.07) is 7.26. The molecule has 0 aliphatic heterocycles. The number of nitrogens with zero attached hydrogens (tertiary/aromatic N) is 2. The second-order valence-corrected chi connectivity index (χ2v) is 6.15. The monoisotopic (exact) mass is 238 g/mol. The van der Waals surface area contributed by atoms with Gasteiger partial charge in [0.2, 0.25) is 0 Å². The first-order valence-corrected chi connectivity index (χ1v) is 7.00. The maximum Gasteiger partial charge on any atom is 0.125 e. The SMILES string of the molecule is COc1cc(N=S(C)(C)=O)ccc1CC#N. The number of benzene rings is 1. The average molecular weight is 238 g/mol. The fraction of sp³-hybridized carbons (Fsp3) is 0.364. The molecule has 5 heteroatoms. The highest BCUT2D eigenvalue weighted by Crippen LogP contribution is 2.25. The zero-order valence-corrected chi connectivity index (χ0v) is 10.4. The molecule has 0 radical (unpaired) electrons. The molecule has 0 bridgehead atoms. The van der Waals surface area contributed by atoms with Gasteiger partial charge in [0, 0.05) is 33.9 Å². The predicted molar refractivity (Wildman–Crippen MR) is 64.4 cm³/mol. The van der Waals surface area contributed by atoms with Gasteiger partial charge in [0.25, 0.3) is 0 Å². The molecule has 16 heavy (non-hydrogen) atoms. The van der Waals surface area contributed by atoms with E-state index in [9.17, 15) is 4.21 Å². The van der Waals surface area contributed by atoms with Crippen LogP contribution in [0, 0.1) is 11.3 Å². The van der Waals surface area contributed by atoms with E-state index in [0.717, 1.165) is 5.56 Å². The summed E-state index contributed by atoms with van der Waals surface area (Å²) < 4.78 is 20.7. The van der Waals surface area contributed by atoms with Crippen LogP contribution in [-0.2, 0) is 16.1 Å². The molecule has 1 aromatic carbocycles. The van der Waals surface area contributed by atoms with E-state index in [1.165, 1.54) is 7.11 Å². The van der Waals surface area contributed by atoms with Crippen LogP contribution in [0.4, 0.5) is 5.69 Å². The van der Waals surface area contributed by atoms with E-state index in [1.807, 2.05) is 0 Å². The van der Waals surface area contributed by atoms with Gasteiger partial charge in [0.05, 0.1) is 25.3 Å². The summed E-state index contributed by atoms with van der Waals surface area (Å²) in [4.78, 5) is 0. The molecule has 0 heterocycles. The number of rotatable bonds is 3. The highest BCUT2D eigenvalue weighted by Gasteiger charge is 2.04. The highest BCUT2D eigenvalue weighted by atomic mass is 32.2. The van der Waals surface area contributed by atoms with Gasteiger partial charge in [-0.2, -0.15) is 9.62 Å². The lowest BCUT2D eigenvalue weighted by Gasteiger charge is -2.06. The molecular formula is C11H14N2O2S. The molecular weight excluding hydrogens is 224 g/mol. The first-order valence-electron chi connectivity index (χ1n) is 4.67. The summed E-state index contributed by atoms with van der Waals surface area (Å²) in [5.74, 6) is 0.603. The molecule has 0 atom stereocenters. The van der Waals surface area contributed by atoms with Gasteiger partial charge in [-0.15, -0.1) is 0 Å². The Labute approximate surface area is 96.0 Å². The van der Waals surface area contributed by atoms with Gasteiger partial charge in [0.15, 0.2) is 0 Å². The van der Waals surface area contributed by atoms with Crippen molar-refractivity contribution in [1.29, 1.82) is 5.26 Å². The van der Waals surface area contributed by atoms with Crippen molar-refractivity contribution in [3.63, 3.8) is 0 Å². The van der Waals surface area contributed by atoms with Gasteiger partial charge in [-0.25, -0.2) is 4.21 Å². The van der Waals surface area contributed by atoms with E-state index in [-0.39, 0.29) is 6.42 Å². The number of hydrogen-bond donors (Lipinski definition) is 0. The van der Waals surface area contributed by atoms with Crippen LogP contribution in [-0.4, -0.2) is 23.8 Å². The maximum atomic E-state index is 11.5. The van der Waals surface area contributed by atoms with Crippen LogP contribution in [0.1, 0.15) is 5.56 Å². The molecule has 1 aromatic rings. The Bertz CT molecular complexity index is 529. The van der Waals surface area contributed by atoms with Gasteiger partial charge in [-0.05, 0) is 6.07 Å². The predicted octanol–water partition coefficient (Wildman–Crippen LogP) is 2.12. The molecule has 86 valence electrons. The molecule has 0 saturated carbocycles. The summed E-state index contributed by atoms with van der Waals surface area (Å²) in [7, 11) is -0.636. The van der Waals surface area contributed by atoms with Crippen molar-refractivity contribution in [2.45, 2.75) is 6.42 Å². The van der Waals surface area contributed by atoms with Crippen LogP contribution in [0.2, 0.25) is 0 Å². The lowest BCUT2D eigenvalue weighted by atomic mass is 10.1. The van der Waals surface area contributed by atoms with Gasteiger partial charge in [0.1, 0.15) is 5.75 Å². The molecule has 0 N–H and O–H groups in total. The number of methoxy groups -OCH3 is 1. The standard InChI is InChI=1S/C11H14N2O2S/c1-15-11-8-10(13-16(2,3)14)5-4-9(11)6-7-12/h4-5,8H,6H2,1-3H3. The smallest absolute Gasteiger partial charge is 0.125 e. The Kier molecular flexibility index (Phi) is 3.91. The van der Waals surface area contributed by atoms with E-state index in [2.05, 4.69) is 10.4 Å². The third-order valence-electron chi connectivity index (χ3n) is 1.87. The highest BCUT2D eigenvalue weighted by molar-refractivity contribution is 7.92. The minimum Gasteiger partial charge on any atom is -0.496 e. The van der Waals surface area contributed by atoms with Crippen molar-refractivity contribution < 1.29 is 8.95 Å². The average Bonchev–Trinajstić information content (AvgIpc) is 2.18. The Morgan fingerprint density at radius 2 is 2.19 bits per heavy atom. The molecule has 0 fully saturated rings. The lowest BCUT2D eigenvalue weighted by molar-refractivity contribution is 0.411. The second kappa shape index (κ2) is 4.99. The van der Waals surface area contributed by atoms with E-state index in [4.69, 9.17) is 10.00 Å². The molecule has 0 aromatic heterocycles. The van der Waals surface area contributed by atoms with E-state index in [1.54, 1.807) is 30.7 Å². The van der Waals surface area contributed by atoms with Crippen LogP contribution in [0.5, 0.6) is 5.75 Å². The lowest BCUT2D eigenvalue weighted by Crippen LogP contribution is -1.92. The zero-order valence-electron chi connectivity index (χ0n) is 9.56. The first kappa shape index (κ1) is 12.5. The summed E-state index contributed by atoms with van der Waals surface area (Å²) in [5, 5.41) is 8.62. The molecule has 0 saturated heterocycles. The van der Waals surface area contributed by atoms with Gasteiger partial charge in [-0.3, -0.25) is 0 Å². The molecule has 4 nitrogen and oxygen atoms in total. The minimum absolute atomic E-state index is 0.289. The summed E-state index contributed by atoms with van der Waals surface area (Å²) >= 11 is 0. The Balaban J connectivity index is 3.21. The number of ether oxygens (including phenoxy) is 1. The van der Waals surface area contributed by atoms with Crippen molar-refractivity contribution in [3.05, 3.63) is 23.8 Å². The fourth-order valence-electron chi connectivity index (χ4n) is 1.28. The Hall–Kier alpha value is -1.54. The first-order chi connectivity index (χ1) is 7.46. The van der Waals surface area contributed by atoms with E-state index in [0.29, 0.717) is 11.4 Å². The largest absolute Gasteiger partial charge is 0.496 e. The summed E-state index contributed by atoms with van der Waals surface area (Å²) in [5.41, 5.74) is 1.41. The molecule has 0 aliphatic carbocycles. The second-order valence-electron chi connectivity index (χ2n) is 3.60. The van der Waals surface area contributed by atoms with Gasteiger partial charge in [-0.1, -0.05) is 6.07 Å². The van der Waals surface area contributed by atoms with Crippen LogP contribution in [0.15, 0.2) is 22.6 Å². The van der Waals surface area contributed by atoms with Gasteiger partial charge < -0.3 is 4.74 Å². The van der Waals surface area contributed by atoms with Crippen molar-refractivity contribution in [2.75, 3.05) is 19.6 Å². The van der Waals surface area contributed by atoms with Crippen LogP contribution in [0.3, 0.4) is 0 Å². The molecule has 0 unspecified atom stereocenters.